The highest BCUT2D eigenvalue weighted by molar-refractivity contribution is 5.89. The van der Waals surface area contributed by atoms with Gasteiger partial charge in [0.25, 0.3) is 0 Å². The second-order valence-electron chi connectivity index (χ2n) is 30.8. The van der Waals surface area contributed by atoms with Gasteiger partial charge in [-0.15, -0.1) is 0 Å². The average molecular weight is 1770 g/mol. The molecule has 4 amide bonds. The highest BCUT2D eigenvalue weighted by Gasteiger charge is 2.57. The van der Waals surface area contributed by atoms with Crippen LogP contribution in [0.15, 0.2) is 127 Å². The number of ether oxygens (including phenoxy) is 18. The molecule has 2 aliphatic rings. The van der Waals surface area contributed by atoms with E-state index in [2.05, 4.69) is 91.8 Å². The molecule has 0 bridgehead atoms. The first-order chi connectivity index (χ1) is 58.4. The molecule has 0 heterocycles. The molecule has 0 aromatic rings. The number of carbonyl (C=O) groups excluding carboxylic acids is 14. The van der Waals surface area contributed by atoms with Crippen molar-refractivity contribution in [1.29, 1.82) is 0 Å². The van der Waals surface area contributed by atoms with Crippen LogP contribution >= 0.6 is 0 Å². The number of alkyl halides is 4. The largest absolute Gasteiger partial charge is 0.462 e. The maximum Gasteiger partial charge on any atom is 0.419 e. The van der Waals surface area contributed by atoms with E-state index in [0.717, 1.165) is 60.8 Å². The number of alkyl carbamates (subject to hydrolysis) is 4. The van der Waals surface area contributed by atoms with E-state index in [9.17, 15) is 84.7 Å². The molecule has 2 rings (SSSR count). The van der Waals surface area contributed by atoms with Crippen molar-refractivity contribution in [1.82, 2.24) is 21.3 Å². The fraction of sp³-hybridized carbons (Fsp3) is 0.595. The van der Waals surface area contributed by atoms with Crippen molar-refractivity contribution in [2.75, 3.05) is 132 Å². The van der Waals surface area contributed by atoms with Crippen molar-refractivity contribution < 1.29 is 170 Å². The number of hydrogen-bond donors (Lipinski definition) is 4. The summed E-state index contributed by atoms with van der Waals surface area (Å²) < 4.78 is 157. The number of amides is 4. The van der Waals surface area contributed by atoms with Gasteiger partial charge in [0.15, 0.2) is 5.78 Å². The lowest BCUT2D eigenvalue weighted by atomic mass is 9.67. The van der Waals surface area contributed by atoms with Gasteiger partial charge >= 0.3 is 90.1 Å². The SMILES string of the molecule is C=CC(=O)CCC(COCC(COC(=O)C=C)(COC(=O)C=C)COC(=O)C=C)(COC(=O)C=C)COC(=O)NC1CCCC(NC(=O)OC(C)COCCCOC(F)(F)C(F)(F)CCCOCC(C)OC(=O)NC2CC(C)(C)CC(C)(NC(=O)OCC(COCC(COC(=O)C=C)(COC(=O)C=C)COC(=O)C=C)(COC(=O)C=C)COC(=O)C=C)C2)C1. The third-order valence-electron chi connectivity index (χ3n) is 18.6. The summed E-state index contributed by atoms with van der Waals surface area (Å²) in [4.78, 5) is 177. The first-order valence-corrected chi connectivity index (χ1v) is 39.3. The predicted octanol–water partition coefficient (Wildman–Crippen LogP) is 8.84. The summed E-state index contributed by atoms with van der Waals surface area (Å²) in [5.74, 6) is -13.3. The van der Waals surface area contributed by atoms with Crippen LogP contribution in [-0.4, -0.2) is 264 Å². The molecule has 2 aliphatic carbocycles. The summed E-state index contributed by atoms with van der Waals surface area (Å²) in [6, 6.07) is -1.75. The van der Waals surface area contributed by atoms with Crippen molar-refractivity contribution in [3.63, 3.8) is 0 Å². The van der Waals surface area contributed by atoms with E-state index in [1.165, 1.54) is 13.8 Å². The highest BCUT2D eigenvalue weighted by Crippen LogP contribution is 2.42. The Morgan fingerprint density at radius 3 is 1.07 bits per heavy atom. The van der Waals surface area contributed by atoms with Gasteiger partial charge in [0.2, 0.25) is 0 Å². The minimum atomic E-state index is -4.91. The van der Waals surface area contributed by atoms with Crippen LogP contribution in [-0.2, 0) is 133 Å². The van der Waals surface area contributed by atoms with Crippen LogP contribution in [0.1, 0.15) is 112 Å². The molecule has 7 atom stereocenters. The average Bonchev–Trinajstić information content (AvgIpc) is 0.790. The lowest BCUT2D eigenvalue weighted by Gasteiger charge is -2.46. The lowest BCUT2D eigenvalue weighted by Crippen LogP contribution is -2.58. The maximum absolute atomic E-state index is 14.9. The van der Waals surface area contributed by atoms with E-state index >= 15 is 0 Å². The molecule has 4 N–H and O–H groups in total. The number of hydrogen-bond acceptors (Lipinski definition) is 32. The van der Waals surface area contributed by atoms with Gasteiger partial charge in [-0.3, -0.25) is 4.79 Å². The van der Waals surface area contributed by atoms with Gasteiger partial charge in [0, 0.05) is 104 Å². The van der Waals surface area contributed by atoms with Gasteiger partial charge in [0.1, 0.15) is 84.9 Å². The Morgan fingerprint density at radius 2 is 0.702 bits per heavy atom. The zero-order valence-electron chi connectivity index (χ0n) is 70.9. The van der Waals surface area contributed by atoms with Crippen LogP contribution in [0.5, 0.6) is 0 Å². The van der Waals surface area contributed by atoms with E-state index in [4.69, 9.17) is 80.5 Å². The number of allylic oxidation sites excluding steroid dienone is 1. The van der Waals surface area contributed by atoms with Crippen LogP contribution in [0.3, 0.4) is 0 Å². The van der Waals surface area contributed by atoms with E-state index in [0.29, 0.717) is 32.1 Å². The second-order valence-corrected chi connectivity index (χ2v) is 30.8. The van der Waals surface area contributed by atoms with Crippen molar-refractivity contribution in [2.45, 2.75) is 160 Å². The Bertz CT molecular complexity index is 3510. The van der Waals surface area contributed by atoms with Gasteiger partial charge in [-0.25, -0.2) is 62.3 Å². The minimum absolute atomic E-state index is 0.0992. The Hall–Kier alpha value is -11.1. The molecule has 40 heteroatoms. The third kappa shape index (κ3) is 43.3. The van der Waals surface area contributed by atoms with Crippen LogP contribution in [0.4, 0.5) is 36.7 Å². The Balaban J connectivity index is 1.98. The zero-order chi connectivity index (χ0) is 93.2. The second kappa shape index (κ2) is 55.2. The highest BCUT2D eigenvalue weighted by atomic mass is 19.3. The molecular weight excluding hydrogens is 1650 g/mol. The molecule has 0 radical (unpaired) electrons. The van der Waals surface area contributed by atoms with Gasteiger partial charge in [-0.05, 0) is 96.5 Å². The molecule has 124 heavy (non-hydrogen) atoms. The van der Waals surface area contributed by atoms with Crippen LogP contribution in [0.25, 0.3) is 0 Å². The van der Waals surface area contributed by atoms with Crippen molar-refractivity contribution in [3.8, 4) is 0 Å². The van der Waals surface area contributed by atoms with E-state index in [1.54, 1.807) is 6.92 Å². The third-order valence-corrected chi connectivity index (χ3v) is 18.6. The van der Waals surface area contributed by atoms with Gasteiger partial charge in [-0.1, -0.05) is 79.6 Å². The summed E-state index contributed by atoms with van der Waals surface area (Å²) in [6.45, 7) is 31.3. The molecule has 7 unspecified atom stereocenters. The predicted molar refractivity (Wildman–Crippen MR) is 431 cm³/mol. The molecule has 0 aromatic heterocycles. The number of esters is 9. The topological polar surface area (TPSA) is 453 Å². The summed E-state index contributed by atoms with van der Waals surface area (Å²) in [5.41, 5.74) is -8.20. The fourth-order valence-electron chi connectivity index (χ4n) is 12.5. The Kier molecular flexibility index (Phi) is 48.5. The van der Waals surface area contributed by atoms with E-state index in [1.807, 2.05) is 13.8 Å². The standard InChI is InChI=1S/C84H118F4N4O32/c1-16-63(93)31-33-79(47-111-64(94)17-2,43-109-44-80(49-112-65(95)18-3,50-113-66(96)19-4)51-114-67(97)20-5)48-120-73(103)89-60-29-26-30-61(37-60)90-74(104)123-59(12)41-108-35-28-36-122-84(87,88)83(85,86)32-27-34-107-40-58(11)124-75(105)91-62-38-77(13,14)42-78(15,39-62)92-76(106)121-57-82(55-118-71(101)24-9,56-119-72(102)25-10)46-110-45-81(52-115-68(98)21-6,53-116-69(99)22-7)54-117-70(100)23-8/h16-25,58-62H,1-10,26-57H2,11-15H3,(H,89,103)(H,90,104)(H,91,105)(H,92,106). The van der Waals surface area contributed by atoms with Crippen molar-refractivity contribution in [2.24, 2.45) is 27.1 Å². The smallest absolute Gasteiger partial charge is 0.419 e. The fourth-order valence-corrected chi connectivity index (χ4v) is 12.5. The molecular formula is C84H118F4N4O32. The molecule has 0 aromatic carbocycles. The first-order valence-electron chi connectivity index (χ1n) is 39.3. The number of carbonyl (C=O) groups is 14. The molecule has 694 valence electrons. The molecule has 2 saturated carbocycles. The summed E-state index contributed by atoms with van der Waals surface area (Å²) >= 11 is 0. The Labute approximate surface area is 717 Å². The number of halogens is 4. The minimum Gasteiger partial charge on any atom is -0.462 e. The maximum atomic E-state index is 14.9. The number of nitrogens with one attached hydrogen (secondary N) is 4. The summed E-state index contributed by atoms with van der Waals surface area (Å²) in [5, 5.41) is 11.0. The molecule has 0 saturated heterocycles. The molecule has 0 aliphatic heterocycles. The monoisotopic (exact) mass is 1770 g/mol. The number of rotatable bonds is 63. The van der Waals surface area contributed by atoms with Crippen LogP contribution < -0.4 is 21.3 Å². The van der Waals surface area contributed by atoms with Crippen molar-refractivity contribution in [3.05, 3.63) is 127 Å². The summed E-state index contributed by atoms with van der Waals surface area (Å²) in [6.07, 6.45) is -2.07. The van der Waals surface area contributed by atoms with Crippen molar-refractivity contribution >= 4 is 83.9 Å². The lowest BCUT2D eigenvalue weighted by molar-refractivity contribution is -0.349. The van der Waals surface area contributed by atoms with E-state index < -0.39 is 284 Å². The first kappa shape index (κ1) is 109. The number of ketones is 1. The van der Waals surface area contributed by atoms with Crippen LogP contribution in [0, 0.1) is 27.1 Å². The van der Waals surface area contributed by atoms with Gasteiger partial charge in [0.05, 0.1) is 67.9 Å². The Morgan fingerprint density at radius 1 is 0.379 bits per heavy atom. The zero-order valence-corrected chi connectivity index (χ0v) is 70.9. The van der Waals surface area contributed by atoms with E-state index in [-0.39, 0.29) is 51.9 Å². The van der Waals surface area contributed by atoms with Gasteiger partial charge < -0.3 is 107 Å². The molecule has 36 nitrogen and oxygen atoms in total. The quantitative estimate of drug-likeness (QED) is 0.0145. The molecule has 0 spiro atoms. The summed E-state index contributed by atoms with van der Waals surface area (Å²) in [7, 11) is 0. The van der Waals surface area contributed by atoms with Crippen LogP contribution in [0.2, 0.25) is 0 Å². The normalized spacial score (nSPS) is 17.2. The van der Waals surface area contributed by atoms with Gasteiger partial charge in [-0.2, -0.15) is 17.6 Å². The molecule has 2 fully saturated rings.